The Balaban J connectivity index is 0.00000182. The van der Waals surface area contributed by atoms with E-state index in [9.17, 15) is 9.59 Å². The molecule has 2 amide bonds. The molecule has 0 aromatic heterocycles. The van der Waals surface area contributed by atoms with Crippen molar-refractivity contribution in [3.8, 4) is 0 Å². The van der Waals surface area contributed by atoms with E-state index < -0.39 is 0 Å². The molecule has 0 spiro atoms. The minimum atomic E-state index is -0.206. The number of halogens is 2. The van der Waals surface area contributed by atoms with Crippen LogP contribution in [0.25, 0.3) is 0 Å². The van der Waals surface area contributed by atoms with E-state index in [1.54, 1.807) is 0 Å². The van der Waals surface area contributed by atoms with Crippen molar-refractivity contribution in [1.29, 1.82) is 0 Å². The fourth-order valence-corrected chi connectivity index (χ4v) is 3.77. The molecule has 1 atom stereocenters. The fraction of sp³-hybridized carbons (Fsp3) is 0.579. The summed E-state index contributed by atoms with van der Waals surface area (Å²) in [5.74, 6) is 0.459. The van der Waals surface area contributed by atoms with E-state index in [0.717, 1.165) is 56.8 Å². The molecule has 0 saturated carbocycles. The second-order valence-corrected chi connectivity index (χ2v) is 7.13. The first-order valence-corrected chi connectivity index (χ1v) is 9.27. The predicted octanol–water partition coefficient (Wildman–Crippen LogP) is 2.56. The molecule has 152 valence electrons. The number of hydrogen-bond donors (Lipinski definition) is 3. The fourth-order valence-electron chi connectivity index (χ4n) is 3.77. The average Bonchev–Trinajstić information content (AvgIpc) is 3.14. The number of benzene rings is 1. The summed E-state index contributed by atoms with van der Waals surface area (Å²) in [6.45, 7) is 3.66. The van der Waals surface area contributed by atoms with Crippen LogP contribution in [0.5, 0.6) is 0 Å². The second kappa shape index (κ2) is 11.4. The number of para-hydroxylation sites is 2. The number of nitrogens with zero attached hydrogens (tertiary/aromatic N) is 1. The van der Waals surface area contributed by atoms with Crippen LogP contribution in [0.15, 0.2) is 24.3 Å². The van der Waals surface area contributed by atoms with Crippen molar-refractivity contribution in [3.63, 3.8) is 0 Å². The van der Waals surface area contributed by atoms with Gasteiger partial charge in [-0.2, -0.15) is 0 Å². The van der Waals surface area contributed by atoms with Crippen molar-refractivity contribution in [1.82, 2.24) is 5.32 Å². The van der Waals surface area contributed by atoms with Gasteiger partial charge in [-0.25, -0.2) is 0 Å². The van der Waals surface area contributed by atoms with Crippen molar-refractivity contribution < 1.29 is 9.59 Å². The molecule has 0 radical (unpaired) electrons. The Morgan fingerprint density at radius 3 is 2.48 bits per heavy atom. The maximum atomic E-state index is 12.3. The number of amides is 2. The lowest BCUT2D eigenvalue weighted by Crippen LogP contribution is -2.38. The van der Waals surface area contributed by atoms with E-state index >= 15 is 0 Å². The van der Waals surface area contributed by atoms with Crippen LogP contribution in [-0.4, -0.2) is 38.0 Å². The number of primary amides is 1. The van der Waals surface area contributed by atoms with Crippen molar-refractivity contribution in [3.05, 3.63) is 24.3 Å². The first-order valence-electron chi connectivity index (χ1n) is 9.27. The molecule has 1 aromatic carbocycles. The molecule has 0 bridgehead atoms. The van der Waals surface area contributed by atoms with Gasteiger partial charge in [0.25, 0.3) is 0 Å². The maximum absolute atomic E-state index is 12.3. The van der Waals surface area contributed by atoms with Gasteiger partial charge in [0.15, 0.2) is 0 Å². The van der Waals surface area contributed by atoms with Gasteiger partial charge in [0.1, 0.15) is 0 Å². The van der Waals surface area contributed by atoms with E-state index in [4.69, 9.17) is 5.73 Å². The van der Waals surface area contributed by atoms with Gasteiger partial charge in [0.2, 0.25) is 11.8 Å². The van der Waals surface area contributed by atoms with Crippen LogP contribution in [0, 0.1) is 11.8 Å². The van der Waals surface area contributed by atoms with Crippen LogP contribution in [-0.2, 0) is 9.59 Å². The van der Waals surface area contributed by atoms with Gasteiger partial charge in [-0.1, -0.05) is 12.1 Å². The first kappa shape index (κ1) is 23.5. The molecule has 3 rings (SSSR count). The van der Waals surface area contributed by atoms with Crippen LogP contribution in [0.2, 0.25) is 0 Å². The molecule has 1 unspecified atom stereocenters. The predicted molar refractivity (Wildman–Crippen MR) is 114 cm³/mol. The molecule has 2 aliphatic heterocycles. The van der Waals surface area contributed by atoms with Gasteiger partial charge in [-0.05, 0) is 56.8 Å². The zero-order valence-corrected chi connectivity index (χ0v) is 17.1. The van der Waals surface area contributed by atoms with Crippen molar-refractivity contribution >= 4 is 48.0 Å². The van der Waals surface area contributed by atoms with Crippen molar-refractivity contribution in [2.24, 2.45) is 17.6 Å². The second-order valence-electron chi connectivity index (χ2n) is 7.13. The lowest BCUT2D eigenvalue weighted by Gasteiger charge is -2.33. The zero-order chi connectivity index (χ0) is 17.6. The Kier molecular flexibility index (Phi) is 9.91. The third-order valence-corrected chi connectivity index (χ3v) is 5.36. The molecule has 8 heteroatoms. The van der Waals surface area contributed by atoms with Gasteiger partial charge in [-0.15, -0.1) is 24.8 Å². The lowest BCUT2D eigenvalue weighted by molar-refractivity contribution is -0.122. The van der Waals surface area contributed by atoms with E-state index in [1.165, 1.54) is 6.42 Å². The van der Waals surface area contributed by atoms with Crippen LogP contribution < -0.4 is 21.3 Å². The van der Waals surface area contributed by atoms with Crippen LogP contribution in [0.3, 0.4) is 0 Å². The molecule has 2 fully saturated rings. The Bertz CT molecular complexity index is 615. The molecule has 4 N–H and O–H groups in total. The summed E-state index contributed by atoms with van der Waals surface area (Å²) in [5, 5.41) is 6.41. The smallest absolute Gasteiger partial charge is 0.224 e. The summed E-state index contributed by atoms with van der Waals surface area (Å²) in [6, 6.07) is 7.90. The SMILES string of the molecule is Cl.Cl.NC(=O)C1CCN(c2ccccc2NC(=O)CCC2CCNC2)CC1. The van der Waals surface area contributed by atoms with Gasteiger partial charge < -0.3 is 21.3 Å². The van der Waals surface area contributed by atoms with Crippen molar-refractivity contribution in [2.75, 3.05) is 36.4 Å². The quantitative estimate of drug-likeness (QED) is 0.664. The first-order chi connectivity index (χ1) is 12.1. The van der Waals surface area contributed by atoms with Gasteiger partial charge in [0, 0.05) is 25.4 Å². The summed E-state index contributed by atoms with van der Waals surface area (Å²) in [5.41, 5.74) is 7.30. The largest absolute Gasteiger partial charge is 0.370 e. The monoisotopic (exact) mass is 416 g/mol. The number of carbonyl (C=O) groups is 2. The number of nitrogens with two attached hydrogens (primary N) is 1. The van der Waals surface area contributed by atoms with E-state index in [2.05, 4.69) is 15.5 Å². The van der Waals surface area contributed by atoms with E-state index in [-0.39, 0.29) is 42.5 Å². The maximum Gasteiger partial charge on any atom is 0.224 e. The number of anilines is 2. The lowest BCUT2D eigenvalue weighted by atomic mass is 9.96. The number of hydrogen-bond acceptors (Lipinski definition) is 4. The highest BCUT2D eigenvalue weighted by molar-refractivity contribution is 5.94. The topological polar surface area (TPSA) is 87.5 Å². The normalized spacial score (nSPS) is 19.7. The number of piperidine rings is 1. The minimum absolute atomic E-state index is 0. The summed E-state index contributed by atoms with van der Waals surface area (Å²) in [7, 11) is 0. The van der Waals surface area contributed by atoms with Crippen LogP contribution >= 0.6 is 24.8 Å². The number of nitrogens with one attached hydrogen (secondary N) is 2. The Labute approximate surface area is 173 Å². The third kappa shape index (κ3) is 6.55. The molecule has 2 aliphatic rings. The molecule has 2 saturated heterocycles. The molecule has 0 aliphatic carbocycles. The summed E-state index contributed by atoms with van der Waals surface area (Å²) >= 11 is 0. The van der Waals surface area contributed by atoms with Gasteiger partial charge >= 0.3 is 0 Å². The molecule has 6 nitrogen and oxygen atoms in total. The molecular formula is C19H30Cl2N4O2. The summed E-state index contributed by atoms with van der Waals surface area (Å²) < 4.78 is 0. The van der Waals surface area contributed by atoms with E-state index in [1.807, 2.05) is 24.3 Å². The highest BCUT2D eigenvalue weighted by Gasteiger charge is 2.24. The van der Waals surface area contributed by atoms with Crippen LogP contribution in [0.4, 0.5) is 11.4 Å². The standard InChI is InChI=1S/C19H28N4O2.2ClH/c20-19(25)15-8-11-23(12-9-15)17-4-2-1-3-16(17)22-18(24)6-5-14-7-10-21-13-14;;/h1-4,14-15,21H,5-13H2,(H2,20,25)(H,22,24);2*1H. The minimum Gasteiger partial charge on any atom is -0.370 e. The Morgan fingerprint density at radius 1 is 1.15 bits per heavy atom. The van der Waals surface area contributed by atoms with Crippen LogP contribution in [0.1, 0.15) is 32.1 Å². The Hall–Kier alpha value is -1.50. The number of rotatable bonds is 6. The van der Waals surface area contributed by atoms with Gasteiger partial charge in [-0.3, -0.25) is 9.59 Å². The molecule has 1 aromatic rings. The number of carbonyl (C=O) groups excluding carboxylic acids is 2. The third-order valence-electron chi connectivity index (χ3n) is 5.36. The highest BCUT2D eigenvalue weighted by Crippen LogP contribution is 2.30. The van der Waals surface area contributed by atoms with Gasteiger partial charge in [0.05, 0.1) is 11.4 Å². The molecule has 2 heterocycles. The average molecular weight is 417 g/mol. The molecule has 27 heavy (non-hydrogen) atoms. The Morgan fingerprint density at radius 2 is 1.85 bits per heavy atom. The van der Waals surface area contributed by atoms with E-state index in [0.29, 0.717) is 12.3 Å². The zero-order valence-electron chi connectivity index (χ0n) is 15.5. The van der Waals surface area contributed by atoms with Crippen molar-refractivity contribution in [2.45, 2.75) is 32.1 Å². The summed E-state index contributed by atoms with van der Waals surface area (Å²) in [4.78, 5) is 25.9. The highest BCUT2D eigenvalue weighted by atomic mass is 35.5. The molecular weight excluding hydrogens is 387 g/mol. The summed E-state index contributed by atoms with van der Waals surface area (Å²) in [6.07, 6.45) is 4.20.